The highest BCUT2D eigenvalue weighted by molar-refractivity contribution is 5.83. The molecule has 0 radical (unpaired) electrons. The van der Waals surface area contributed by atoms with Gasteiger partial charge in [-0.1, -0.05) is 12.1 Å². The average Bonchev–Trinajstić information content (AvgIpc) is 2.77. The molecule has 112 valence electrons. The van der Waals surface area contributed by atoms with Gasteiger partial charge in [0.2, 0.25) is 0 Å². The average molecular weight is 306 g/mol. The Hall–Kier alpha value is -2.83. The van der Waals surface area contributed by atoms with Crippen LogP contribution in [0.4, 0.5) is 13.2 Å². The monoisotopic (exact) mass is 306 g/mol. The van der Waals surface area contributed by atoms with E-state index in [1.54, 1.807) is 0 Å². The van der Waals surface area contributed by atoms with Crippen molar-refractivity contribution in [1.82, 2.24) is 9.55 Å². The minimum atomic E-state index is -1.18. The molecule has 7 heteroatoms. The minimum absolute atomic E-state index is 0.0967. The van der Waals surface area contributed by atoms with Gasteiger partial charge in [0.1, 0.15) is 18.2 Å². The van der Waals surface area contributed by atoms with Crippen LogP contribution in [0.2, 0.25) is 0 Å². The first-order valence-electron chi connectivity index (χ1n) is 6.28. The van der Waals surface area contributed by atoms with Crippen LogP contribution < -0.4 is 0 Å². The van der Waals surface area contributed by atoms with Crippen molar-refractivity contribution in [3.8, 4) is 11.4 Å². The normalized spacial score (nSPS) is 11.0. The highest BCUT2D eigenvalue weighted by Gasteiger charge is 2.17. The number of aromatic nitrogens is 2. The molecule has 22 heavy (non-hydrogen) atoms. The largest absolute Gasteiger partial charge is 0.480 e. The Morgan fingerprint density at radius 1 is 1.14 bits per heavy atom. The van der Waals surface area contributed by atoms with Gasteiger partial charge in [0, 0.05) is 17.7 Å². The van der Waals surface area contributed by atoms with Crippen LogP contribution in [0.3, 0.4) is 0 Å². The second-order valence-corrected chi connectivity index (χ2v) is 4.68. The summed E-state index contributed by atoms with van der Waals surface area (Å²) in [6.45, 7) is -0.507. The summed E-state index contributed by atoms with van der Waals surface area (Å²) in [7, 11) is 0. The van der Waals surface area contributed by atoms with Crippen LogP contribution in [-0.2, 0) is 11.3 Å². The lowest BCUT2D eigenvalue weighted by molar-refractivity contribution is -0.137. The standard InChI is InChI=1S/C15H9F3N2O2/c16-9-3-1-2-8(4-9)15-19-12-5-10(17)11(18)6-13(12)20(15)7-14(21)22/h1-6H,7H2,(H,21,22). The molecule has 0 saturated carbocycles. The van der Waals surface area contributed by atoms with Gasteiger partial charge >= 0.3 is 5.97 Å². The number of hydrogen-bond acceptors (Lipinski definition) is 2. The number of aliphatic carboxylic acids is 1. The van der Waals surface area contributed by atoms with E-state index in [9.17, 15) is 18.0 Å². The van der Waals surface area contributed by atoms with Gasteiger partial charge in [-0.15, -0.1) is 0 Å². The third-order valence-electron chi connectivity index (χ3n) is 3.17. The molecule has 2 aromatic carbocycles. The Morgan fingerprint density at radius 2 is 1.86 bits per heavy atom. The molecular weight excluding hydrogens is 297 g/mol. The highest BCUT2D eigenvalue weighted by Crippen LogP contribution is 2.27. The van der Waals surface area contributed by atoms with Gasteiger partial charge in [-0.25, -0.2) is 18.2 Å². The van der Waals surface area contributed by atoms with E-state index in [1.807, 2.05) is 0 Å². The summed E-state index contributed by atoms with van der Waals surface area (Å²) >= 11 is 0. The highest BCUT2D eigenvalue weighted by atomic mass is 19.2. The van der Waals surface area contributed by atoms with Gasteiger partial charge in [-0.2, -0.15) is 0 Å². The zero-order valence-corrected chi connectivity index (χ0v) is 11.1. The summed E-state index contributed by atoms with van der Waals surface area (Å²) in [5.41, 5.74) is 0.540. The van der Waals surface area contributed by atoms with E-state index in [0.29, 0.717) is 5.56 Å². The molecule has 1 aromatic heterocycles. The lowest BCUT2D eigenvalue weighted by Crippen LogP contribution is -2.10. The van der Waals surface area contributed by atoms with Crippen molar-refractivity contribution in [3.63, 3.8) is 0 Å². The zero-order valence-electron chi connectivity index (χ0n) is 11.1. The number of carboxylic acid groups (broad SMARTS) is 1. The third-order valence-corrected chi connectivity index (χ3v) is 3.17. The minimum Gasteiger partial charge on any atom is -0.480 e. The molecule has 0 aliphatic carbocycles. The molecule has 3 aromatic rings. The molecule has 0 amide bonds. The lowest BCUT2D eigenvalue weighted by Gasteiger charge is -2.06. The van der Waals surface area contributed by atoms with Gasteiger partial charge in [0.05, 0.1) is 11.0 Å². The molecule has 0 atom stereocenters. The predicted molar refractivity (Wildman–Crippen MR) is 72.7 cm³/mol. The van der Waals surface area contributed by atoms with Crippen LogP contribution in [0.25, 0.3) is 22.4 Å². The van der Waals surface area contributed by atoms with Crippen molar-refractivity contribution in [1.29, 1.82) is 0 Å². The van der Waals surface area contributed by atoms with Crippen molar-refractivity contribution in [2.45, 2.75) is 6.54 Å². The molecule has 4 nitrogen and oxygen atoms in total. The number of imidazole rings is 1. The van der Waals surface area contributed by atoms with Gasteiger partial charge < -0.3 is 9.67 Å². The Labute approximate surface area is 122 Å². The molecule has 0 aliphatic heterocycles. The second-order valence-electron chi connectivity index (χ2n) is 4.68. The Bertz CT molecular complexity index is 890. The number of fused-ring (bicyclic) bond motifs is 1. The maximum Gasteiger partial charge on any atom is 0.323 e. The van der Waals surface area contributed by atoms with Crippen LogP contribution in [0.15, 0.2) is 36.4 Å². The fourth-order valence-corrected chi connectivity index (χ4v) is 2.26. The predicted octanol–water partition coefficient (Wildman–Crippen LogP) is 3.21. The third kappa shape index (κ3) is 2.41. The number of hydrogen-bond donors (Lipinski definition) is 1. The SMILES string of the molecule is O=C(O)Cn1c(-c2cccc(F)c2)nc2cc(F)c(F)cc21. The molecule has 0 bridgehead atoms. The van der Waals surface area contributed by atoms with Gasteiger partial charge in [-0.3, -0.25) is 4.79 Å². The van der Waals surface area contributed by atoms with E-state index < -0.39 is 30.0 Å². The summed E-state index contributed by atoms with van der Waals surface area (Å²) in [4.78, 5) is 15.1. The van der Waals surface area contributed by atoms with E-state index >= 15 is 0 Å². The number of carboxylic acids is 1. The first-order chi connectivity index (χ1) is 10.5. The van der Waals surface area contributed by atoms with Crippen molar-refractivity contribution in [2.75, 3.05) is 0 Å². The van der Waals surface area contributed by atoms with Crippen LogP contribution in [0, 0.1) is 17.5 Å². The molecule has 0 unspecified atom stereocenters. The van der Waals surface area contributed by atoms with E-state index in [4.69, 9.17) is 5.11 Å². The summed E-state index contributed by atoms with van der Waals surface area (Å²) in [5.74, 6) is -3.77. The number of halogens is 3. The Kier molecular flexibility index (Phi) is 3.32. The van der Waals surface area contributed by atoms with Crippen LogP contribution in [0.1, 0.15) is 0 Å². The molecule has 0 aliphatic rings. The first-order valence-corrected chi connectivity index (χ1v) is 6.28. The van der Waals surface area contributed by atoms with E-state index in [1.165, 1.54) is 28.8 Å². The van der Waals surface area contributed by atoms with E-state index in [2.05, 4.69) is 4.98 Å². The molecular formula is C15H9F3N2O2. The maximum absolute atomic E-state index is 13.4. The first kappa shape index (κ1) is 14.1. The van der Waals surface area contributed by atoms with Crippen molar-refractivity contribution in [3.05, 3.63) is 53.8 Å². The van der Waals surface area contributed by atoms with E-state index in [-0.39, 0.29) is 16.9 Å². The zero-order chi connectivity index (χ0) is 15.9. The lowest BCUT2D eigenvalue weighted by atomic mass is 10.2. The van der Waals surface area contributed by atoms with Gasteiger partial charge in [0.15, 0.2) is 11.6 Å². The summed E-state index contributed by atoms with van der Waals surface area (Å²) < 4.78 is 41.3. The topological polar surface area (TPSA) is 55.1 Å². The molecule has 0 spiro atoms. The summed E-state index contributed by atoms with van der Waals surface area (Å²) in [6, 6.07) is 7.14. The number of nitrogens with zero attached hydrogens (tertiary/aromatic N) is 2. The van der Waals surface area contributed by atoms with Crippen LogP contribution in [0.5, 0.6) is 0 Å². The fraction of sp³-hybridized carbons (Fsp3) is 0.0667. The molecule has 1 N–H and O–H groups in total. The molecule has 3 rings (SSSR count). The van der Waals surface area contributed by atoms with Gasteiger partial charge in [0.25, 0.3) is 0 Å². The second kappa shape index (κ2) is 5.18. The Morgan fingerprint density at radius 3 is 2.55 bits per heavy atom. The van der Waals surface area contributed by atoms with Crippen LogP contribution in [-0.4, -0.2) is 20.6 Å². The van der Waals surface area contributed by atoms with Crippen molar-refractivity contribution < 1.29 is 23.1 Å². The molecule has 1 heterocycles. The van der Waals surface area contributed by atoms with Gasteiger partial charge in [-0.05, 0) is 12.1 Å². The molecule has 0 fully saturated rings. The summed E-state index contributed by atoms with van der Waals surface area (Å²) in [5, 5.41) is 9.00. The quantitative estimate of drug-likeness (QED) is 0.808. The van der Waals surface area contributed by atoms with E-state index in [0.717, 1.165) is 12.1 Å². The molecule has 0 saturated heterocycles. The maximum atomic E-state index is 13.4. The van der Waals surface area contributed by atoms with Crippen LogP contribution >= 0.6 is 0 Å². The Balaban J connectivity index is 2.30. The number of carbonyl (C=O) groups is 1. The van der Waals surface area contributed by atoms with Crippen molar-refractivity contribution >= 4 is 17.0 Å². The smallest absolute Gasteiger partial charge is 0.323 e. The number of benzene rings is 2. The summed E-state index contributed by atoms with van der Waals surface area (Å²) in [6.07, 6.45) is 0. The van der Waals surface area contributed by atoms with Crippen molar-refractivity contribution in [2.24, 2.45) is 0 Å². The fourth-order valence-electron chi connectivity index (χ4n) is 2.26. The number of rotatable bonds is 3.